The molecule has 1 aliphatic carbocycles. The second-order valence-corrected chi connectivity index (χ2v) is 8.18. The van der Waals surface area contributed by atoms with Crippen molar-refractivity contribution in [1.82, 2.24) is 4.57 Å². The molecule has 0 spiro atoms. The first-order valence-electron chi connectivity index (χ1n) is 8.43. The summed E-state index contributed by atoms with van der Waals surface area (Å²) in [5, 5.41) is 0. The van der Waals surface area contributed by atoms with Gasteiger partial charge in [0.15, 0.2) is 11.6 Å². The Hall–Kier alpha value is -2.24. The Bertz CT molecular complexity index is 1100. The van der Waals surface area contributed by atoms with E-state index in [4.69, 9.17) is 0 Å². The zero-order valence-electron chi connectivity index (χ0n) is 14.7. The number of ketones is 2. The molecular formula is C22H15Br2NO2. The van der Waals surface area contributed by atoms with E-state index >= 15 is 0 Å². The number of fused-ring (bicyclic) bond motifs is 1. The summed E-state index contributed by atoms with van der Waals surface area (Å²) in [6, 6.07) is 15.0. The molecule has 0 bridgehead atoms. The molecule has 3 nitrogen and oxygen atoms in total. The quantitative estimate of drug-likeness (QED) is 0.326. The van der Waals surface area contributed by atoms with Gasteiger partial charge in [0.2, 0.25) is 0 Å². The Morgan fingerprint density at radius 2 is 1.37 bits per heavy atom. The van der Waals surface area contributed by atoms with Gasteiger partial charge >= 0.3 is 0 Å². The summed E-state index contributed by atoms with van der Waals surface area (Å²) in [5.41, 5.74) is 5.01. The predicted octanol–water partition coefficient (Wildman–Crippen LogP) is 6.08. The minimum Gasteiger partial charge on any atom is -0.317 e. The highest BCUT2D eigenvalue weighted by Gasteiger charge is 2.33. The molecule has 0 saturated carbocycles. The predicted molar refractivity (Wildman–Crippen MR) is 114 cm³/mol. The van der Waals surface area contributed by atoms with Crippen LogP contribution in [0.3, 0.4) is 0 Å². The molecule has 0 unspecified atom stereocenters. The van der Waals surface area contributed by atoms with Gasteiger partial charge in [-0.05, 0) is 60.1 Å². The standard InChI is InChI=1S/C22H15Br2NO2/c1-12-18(11-19-21(26)16-5-3-4-6-17(16)22(19)27)20(24)13(2)25(12)15-9-7-14(23)8-10-15/h3-11H,1-2H3. The van der Waals surface area contributed by atoms with Gasteiger partial charge in [-0.1, -0.05) is 40.2 Å². The van der Waals surface area contributed by atoms with E-state index in [0.29, 0.717) is 11.1 Å². The maximum absolute atomic E-state index is 12.7. The highest BCUT2D eigenvalue weighted by Crippen LogP contribution is 2.35. The fraction of sp³-hybridized carbons (Fsp3) is 0.0909. The normalized spacial score (nSPS) is 13.3. The largest absolute Gasteiger partial charge is 0.317 e. The number of nitrogens with zero attached hydrogens (tertiary/aromatic N) is 1. The van der Waals surface area contributed by atoms with Crippen LogP contribution in [-0.2, 0) is 0 Å². The van der Waals surface area contributed by atoms with Crippen LogP contribution in [0.4, 0.5) is 0 Å². The molecule has 4 rings (SSSR count). The van der Waals surface area contributed by atoms with E-state index in [9.17, 15) is 9.59 Å². The van der Waals surface area contributed by atoms with Crippen molar-refractivity contribution in [2.45, 2.75) is 13.8 Å². The van der Waals surface area contributed by atoms with Gasteiger partial charge in [-0.3, -0.25) is 9.59 Å². The van der Waals surface area contributed by atoms with Crippen LogP contribution >= 0.6 is 31.9 Å². The molecule has 0 aliphatic heterocycles. The van der Waals surface area contributed by atoms with Crippen molar-refractivity contribution >= 4 is 49.5 Å². The molecule has 1 aromatic heterocycles. The van der Waals surface area contributed by atoms with Gasteiger partial charge in [0.1, 0.15) is 0 Å². The number of Topliss-reactive ketones (excluding diaryl/α,β-unsaturated/α-hetero) is 2. The average molecular weight is 485 g/mol. The van der Waals surface area contributed by atoms with Crippen LogP contribution in [0.25, 0.3) is 11.8 Å². The molecule has 0 amide bonds. The molecule has 5 heteroatoms. The molecule has 1 aliphatic rings. The fourth-order valence-electron chi connectivity index (χ4n) is 3.52. The number of hydrogen-bond acceptors (Lipinski definition) is 2. The smallest absolute Gasteiger partial charge is 0.197 e. The number of carbonyl (C=O) groups is 2. The molecule has 0 fully saturated rings. The van der Waals surface area contributed by atoms with Gasteiger partial charge in [0.25, 0.3) is 0 Å². The Balaban J connectivity index is 1.86. The summed E-state index contributed by atoms with van der Waals surface area (Å²) >= 11 is 7.11. The van der Waals surface area contributed by atoms with Crippen LogP contribution in [-0.4, -0.2) is 16.1 Å². The lowest BCUT2D eigenvalue weighted by molar-refractivity contribution is 0.0990. The van der Waals surface area contributed by atoms with Crippen molar-refractivity contribution in [3.8, 4) is 5.69 Å². The zero-order chi connectivity index (χ0) is 19.3. The van der Waals surface area contributed by atoms with Crippen LogP contribution in [0.2, 0.25) is 0 Å². The highest BCUT2D eigenvalue weighted by molar-refractivity contribution is 9.10. The monoisotopic (exact) mass is 483 g/mol. The van der Waals surface area contributed by atoms with Gasteiger partial charge in [-0.25, -0.2) is 0 Å². The van der Waals surface area contributed by atoms with Crippen molar-refractivity contribution in [2.75, 3.05) is 0 Å². The van der Waals surface area contributed by atoms with Crippen molar-refractivity contribution in [3.05, 3.63) is 91.1 Å². The van der Waals surface area contributed by atoms with Crippen molar-refractivity contribution in [1.29, 1.82) is 0 Å². The first-order valence-corrected chi connectivity index (χ1v) is 10.0. The van der Waals surface area contributed by atoms with E-state index < -0.39 is 0 Å². The lowest BCUT2D eigenvalue weighted by Crippen LogP contribution is -2.01. The summed E-state index contributed by atoms with van der Waals surface area (Å²) in [6.45, 7) is 4.00. The third-order valence-corrected chi connectivity index (χ3v) is 6.42. The Labute approximate surface area is 174 Å². The molecular weight excluding hydrogens is 470 g/mol. The lowest BCUT2D eigenvalue weighted by Gasteiger charge is -2.09. The van der Waals surface area contributed by atoms with E-state index in [2.05, 4.69) is 36.4 Å². The Kier molecular flexibility index (Phi) is 4.52. The summed E-state index contributed by atoms with van der Waals surface area (Å²) in [7, 11) is 0. The van der Waals surface area contributed by atoms with Crippen molar-refractivity contribution in [2.24, 2.45) is 0 Å². The number of allylic oxidation sites excluding steroid dienone is 1. The number of aromatic nitrogens is 1. The third-order valence-electron chi connectivity index (χ3n) is 4.89. The highest BCUT2D eigenvalue weighted by atomic mass is 79.9. The first kappa shape index (κ1) is 18.1. The van der Waals surface area contributed by atoms with E-state index in [1.807, 2.05) is 38.1 Å². The molecule has 0 saturated heterocycles. The molecule has 0 N–H and O–H groups in total. The first-order chi connectivity index (χ1) is 12.9. The van der Waals surface area contributed by atoms with E-state index in [-0.39, 0.29) is 17.1 Å². The molecule has 0 atom stereocenters. The fourth-order valence-corrected chi connectivity index (χ4v) is 4.36. The maximum atomic E-state index is 12.7. The van der Waals surface area contributed by atoms with Crippen molar-refractivity contribution in [3.63, 3.8) is 0 Å². The molecule has 3 aromatic rings. The second-order valence-electron chi connectivity index (χ2n) is 6.47. The van der Waals surface area contributed by atoms with Crippen molar-refractivity contribution < 1.29 is 9.59 Å². The van der Waals surface area contributed by atoms with E-state index in [1.165, 1.54) is 0 Å². The van der Waals surface area contributed by atoms with E-state index in [0.717, 1.165) is 31.6 Å². The second kappa shape index (κ2) is 6.73. The minimum atomic E-state index is -0.212. The van der Waals surface area contributed by atoms with Crippen LogP contribution in [0.15, 0.2) is 63.0 Å². The SMILES string of the molecule is Cc1c(Br)c(C=C2C(=O)c3ccccc3C2=O)c(C)n1-c1ccc(Br)cc1. The number of hydrogen-bond donors (Lipinski definition) is 0. The molecule has 0 radical (unpaired) electrons. The van der Waals surface area contributed by atoms with Gasteiger partial charge in [0.05, 0.1) is 5.57 Å². The lowest BCUT2D eigenvalue weighted by atomic mass is 10.1. The third kappa shape index (κ3) is 2.86. The number of halogens is 2. The number of rotatable bonds is 2. The summed E-state index contributed by atoms with van der Waals surface area (Å²) in [5.74, 6) is -0.424. The molecule has 2 aromatic carbocycles. The van der Waals surface area contributed by atoms with Gasteiger partial charge in [0, 0.05) is 42.7 Å². The summed E-state index contributed by atoms with van der Waals surface area (Å²) < 4.78 is 4.00. The maximum Gasteiger partial charge on any atom is 0.197 e. The van der Waals surface area contributed by atoms with Crippen LogP contribution in [0.5, 0.6) is 0 Å². The molecule has 27 heavy (non-hydrogen) atoms. The molecule has 1 heterocycles. The van der Waals surface area contributed by atoms with Crippen LogP contribution in [0, 0.1) is 13.8 Å². The van der Waals surface area contributed by atoms with E-state index in [1.54, 1.807) is 30.3 Å². The zero-order valence-corrected chi connectivity index (χ0v) is 17.9. The Morgan fingerprint density at radius 1 is 0.815 bits per heavy atom. The summed E-state index contributed by atoms with van der Waals surface area (Å²) in [4.78, 5) is 25.4. The van der Waals surface area contributed by atoms with Gasteiger partial charge < -0.3 is 4.57 Å². The average Bonchev–Trinajstić information content (AvgIpc) is 3.03. The topological polar surface area (TPSA) is 39.1 Å². The summed E-state index contributed by atoms with van der Waals surface area (Å²) in [6.07, 6.45) is 1.71. The Morgan fingerprint density at radius 3 is 1.93 bits per heavy atom. The van der Waals surface area contributed by atoms with Gasteiger partial charge in [-0.15, -0.1) is 0 Å². The van der Waals surface area contributed by atoms with Crippen LogP contribution in [0.1, 0.15) is 37.7 Å². The van der Waals surface area contributed by atoms with Crippen LogP contribution < -0.4 is 0 Å². The number of benzene rings is 2. The van der Waals surface area contributed by atoms with Gasteiger partial charge in [-0.2, -0.15) is 0 Å². The molecule has 134 valence electrons. The minimum absolute atomic E-state index is 0.212. The number of carbonyl (C=O) groups excluding carboxylic acids is 2.